The Morgan fingerprint density at radius 2 is 1.88 bits per heavy atom. The number of benzene rings is 1. The second-order valence-corrected chi connectivity index (χ2v) is 6.58. The predicted molar refractivity (Wildman–Crippen MR) is 95.7 cm³/mol. The van der Waals surface area contributed by atoms with E-state index in [2.05, 4.69) is 20.8 Å². The second kappa shape index (κ2) is 7.98. The monoisotopic (exact) mass is 358 g/mol. The molecule has 1 aliphatic rings. The topological polar surface area (TPSA) is 93.2 Å². The van der Waals surface area contributed by atoms with Crippen molar-refractivity contribution >= 4 is 35.1 Å². The summed E-state index contributed by atoms with van der Waals surface area (Å²) < 4.78 is 5.07. The van der Waals surface area contributed by atoms with Crippen molar-refractivity contribution < 1.29 is 14.3 Å². The molecule has 7 nitrogen and oxygen atoms in total. The summed E-state index contributed by atoms with van der Waals surface area (Å²) >= 11 is 1.28. The first kappa shape index (κ1) is 17.2. The molecule has 2 amide bonds. The maximum atomic E-state index is 12.0. The largest absolute Gasteiger partial charge is 0.497 e. The van der Waals surface area contributed by atoms with Crippen molar-refractivity contribution in [2.45, 2.75) is 17.9 Å². The minimum Gasteiger partial charge on any atom is -0.497 e. The Balaban J connectivity index is 1.45. The minimum absolute atomic E-state index is 0.00595. The molecule has 0 aliphatic heterocycles. The summed E-state index contributed by atoms with van der Waals surface area (Å²) in [6.07, 6.45) is 1.88. The summed E-state index contributed by atoms with van der Waals surface area (Å²) in [5, 5.41) is 14.1. The molecule has 3 rings (SSSR count). The first-order valence-electron chi connectivity index (χ1n) is 7.85. The smallest absolute Gasteiger partial charge is 0.234 e. The molecule has 0 unspecified atom stereocenters. The van der Waals surface area contributed by atoms with Crippen LogP contribution in [0.4, 0.5) is 11.5 Å². The van der Waals surface area contributed by atoms with Crippen molar-refractivity contribution in [2.75, 3.05) is 23.5 Å². The molecule has 2 N–H and O–H groups in total. The zero-order valence-electron chi connectivity index (χ0n) is 13.7. The average molecular weight is 358 g/mol. The number of aromatic nitrogens is 2. The van der Waals surface area contributed by atoms with Gasteiger partial charge in [0.25, 0.3) is 0 Å². The maximum Gasteiger partial charge on any atom is 0.234 e. The Labute approximate surface area is 149 Å². The van der Waals surface area contributed by atoms with Gasteiger partial charge in [-0.25, -0.2) is 0 Å². The van der Waals surface area contributed by atoms with Crippen LogP contribution in [0.2, 0.25) is 0 Å². The summed E-state index contributed by atoms with van der Waals surface area (Å²) in [4.78, 5) is 23.6. The van der Waals surface area contributed by atoms with Gasteiger partial charge in [0.05, 0.1) is 12.9 Å². The molecular formula is C17H18N4O3S. The van der Waals surface area contributed by atoms with E-state index in [1.54, 1.807) is 43.5 Å². The van der Waals surface area contributed by atoms with Gasteiger partial charge in [-0.1, -0.05) is 11.8 Å². The van der Waals surface area contributed by atoms with Crippen molar-refractivity contribution in [3.63, 3.8) is 0 Å². The predicted octanol–water partition coefficient (Wildman–Crippen LogP) is 2.56. The van der Waals surface area contributed by atoms with Crippen LogP contribution in [0.25, 0.3) is 0 Å². The van der Waals surface area contributed by atoms with E-state index in [1.807, 2.05) is 0 Å². The molecule has 0 atom stereocenters. The number of carbonyl (C=O) groups excluding carboxylic acids is 2. The molecule has 1 aromatic carbocycles. The van der Waals surface area contributed by atoms with Gasteiger partial charge in [0.1, 0.15) is 10.8 Å². The quantitative estimate of drug-likeness (QED) is 0.739. The van der Waals surface area contributed by atoms with E-state index < -0.39 is 0 Å². The van der Waals surface area contributed by atoms with Gasteiger partial charge in [0.2, 0.25) is 11.8 Å². The Kier molecular flexibility index (Phi) is 5.49. The summed E-state index contributed by atoms with van der Waals surface area (Å²) in [5.74, 6) is 1.36. The van der Waals surface area contributed by atoms with E-state index in [9.17, 15) is 9.59 Å². The molecule has 130 valence electrons. The number of carbonyl (C=O) groups is 2. The van der Waals surface area contributed by atoms with Gasteiger partial charge in [0.15, 0.2) is 5.82 Å². The van der Waals surface area contributed by atoms with Crippen molar-refractivity contribution in [2.24, 2.45) is 5.92 Å². The van der Waals surface area contributed by atoms with Crippen LogP contribution in [0.1, 0.15) is 12.8 Å². The highest BCUT2D eigenvalue weighted by molar-refractivity contribution is 7.99. The molecule has 1 saturated carbocycles. The fraction of sp³-hybridized carbons (Fsp3) is 0.294. The van der Waals surface area contributed by atoms with E-state index in [0.717, 1.165) is 18.6 Å². The first-order valence-corrected chi connectivity index (χ1v) is 8.84. The van der Waals surface area contributed by atoms with Gasteiger partial charge in [-0.05, 0) is 49.2 Å². The number of methoxy groups -OCH3 is 1. The Hall–Kier alpha value is -2.61. The van der Waals surface area contributed by atoms with Gasteiger partial charge in [-0.3, -0.25) is 9.59 Å². The Morgan fingerprint density at radius 3 is 2.48 bits per heavy atom. The van der Waals surface area contributed by atoms with Gasteiger partial charge in [-0.15, -0.1) is 10.2 Å². The fourth-order valence-corrected chi connectivity index (χ4v) is 2.66. The van der Waals surface area contributed by atoms with E-state index in [-0.39, 0.29) is 23.5 Å². The van der Waals surface area contributed by atoms with Crippen LogP contribution >= 0.6 is 11.8 Å². The summed E-state index contributed by atoms with van der Waals surface area (Å²) in [5.41, 5.74) is 0.704. The van der Waals surface area contributed by atoms with Gasteiger partial charge >= 0.3 is 0 Å². The lowest BCUT2D eigenvalue weighted by Crippen LogP contribution is -2.15. The molecule has 1 fully saturated rings. The van der Waals surface area contributed by atoms with Crippen LogP contribution in [0.15, 0.2) is 41.4 Å². The first-order chi connectivity index (χ1) is 12.1. The highest BCUT2D eigenvalue weighted by atomic mass is 32.2. The van der Waals surface area contributed by atoms with E-state index in [4.69, 9.17) is 4.74 Å². The summed E-state index contributed by atoms with van der Waals surface area (Å²) in [6, 6.07) is 10.5. The second-order valence-electron chi connectivity index (χ2n) is 5.59. The SMILES string of the molecule is COc1ccc(NC(=O)CSc2ccc(NC(=O)C3CC3)nn2)cc1. The molecule has 0 saturated heterocycles. The van der Waals surface area contributed by atoms with E-state index in [1.165, 1.54) is 11.8 Å². The lowest BCUT2D eigenvalue weighted by molar-refractivity contribution is -0.117. The third kappa shape index (κ3) is 5.18. The number of hydrogen-bond donors (Lipinski definition) is 2. The zero-order chi connectivity index (χ0) is 17.6. The normalized spacial score (nSPS) is 13.2. The maximum absolute atomic E-state index is 12.0. The standard InChI is InChI=1S/C17H18N4O3S/c1-24-13-6-4-12(5-7-13)18-15(22)10-25-16-9-8-14(20-21-16)19-17(23)11-2-3-11/h4-9,11H,2-3,10H2,1H3,(H,18,22)(H,19,20,23). The van der Waals surface area contributed by atoms with Crippen LogP contribution in [0, 0.1) is 5.92 Å². The van der Waals surface area contributed by atoms with Crippen LogP contribution in [-0.4, -0.2) is 34.9 Å². The molecule has 2 aromatic rings. The van der Waals surface area contributed by atoms with Gasteiger partial charge < -0.3 is 15.4 Å². The third-order valence-electron chi connectivity index (χ3n) is 3.56. The zero-order valence-corrected chi connectivity index (χ0v) is 14.5. The molecule has 1 aromatic heterocycles. The highest BCUT2D eigenvalue weighted by Gasteiger charge is 2.29. The molecule has 0 bridgehead atoms. The Morgan fingerprint density at radius 1 is 1.12 bits per heavy atom. The molecule has 0 radical (unpaired) electrons. The number of amides is 2. The number of nitrogens with zero attached hydrogens (tertiary/aromatic N) is 2. The number of nitrogens with one attached hydrogen (secondary N) is 2. The third-order valence-corrected chi connectivity index (χ3v) is 4.48. The Bertz CT molecular complexity index is 745. The van der Waals surface area contributed by atoms with Crippen molar-refractivity contribution in [1.82, 2.24) is 10.2 Å². The lowest BCUT2D eigenvalue weighted by atomic mass is 10.3. The molecule has 25 heavy (non-hydrogen) atoms. The fourth-order valence-electron chi connectivity index (χ4n) is 2.05. The molecule has 8 heteroatoms. The summed E-state index contributed by atoms with van der Waals surface area (Å²) in [7, 11) is 1.59. The van der Waals surface area contributed by atoms with Crippen LogP contribution < -0.4 is 15.4 Å². The molecular weight excluding hydrogens is 340 g/mol. The molecule has 1 aliphatic carbocycles. The lowest BCUT2D eigenvalue weighted by Gasteiger charge is -2.06. The van der Waals surface area contributed by atoms with E-state index in [0.29, 0.717) is 16.5 Å². The minimum atomic E-state index is -0.136. The number of hydrogen-bond acceptors (Lipinski definition) is 6. The van der Waals surface area contributed by atoms with Crippen molar-refractivity contribution in [3.8, 4) is 5.75 Å². The van der Waals surface area contributed by atoms with Gasteiger partial charge in [0, 0.05) is 11.6 Å². The number of anilines is 2. The summed E-state index contributed by atoms with van der Waals surface area (Å²) in [6.45, 7) is 0. The van der Waals surface area contributed by atoms with Crippen LogP contribution in [-0.2, 0) is 9.59 Å². The van der Waals surface area contributed by atoms with Gasteiger partial charge in [-0.2, -0.15) is 0 Å². The average Bonchev–Trinajstić information content (AvgIpc) is 3.47. The van der Waals surface area contributed by atoms with Crippen molar-refractivity contribution in [1.29, 1.82) is 0 Å². The molecule has 0 spiro atoms. The van der Waals surface area contributed by atoms with E-state index >= 15 is 0 Å². The van der Waals surface area contributed by atoms with Crippen LogP contribution in [0.3, 0.4) is 0 Å². The van der Waals surface area contributed by atoms with Crippen molar-refractivity contribution in [3.05, 3.63) is 36.4 Å². The number of ether oxygens (including phenoxy) is 1. The van der Waals surface area contributed by atoms with Crippen LogP contribution in [0.5, 0.6) is 5.75 Å². The number of thioether (sulfide) groups is 1. The number of rotatable bonds is 7. The highest BCUT2D eigenvalue weighted by Crippen LogP contribution is 2.30. The molecule has 1 heterocycles.